The van der Waals surface area contributed by atoms with Crippen molar-refractivity contribution in [2.75, 3.05) is 0 Å². The van der Waals surface area contributed by atoms with Crippen LogP contribution in [0.4, 0.5) is 0 Å². The molecule has 21 heavy (non-hydrogen) atoms. The second-order valence-corrected chi connectivity index (χ2v) is 5.96. The highest BCUT2D eigenvalue weighted by molar-refractivity contribution is 5.85. The van der Waals surface area contributed by atoms with Crippen LogP contribution in [0.5, 0.6) is 0 Å². The van der Waals surface area contributed by atoms with Gasteiger partial charge in [0, 0.05) is 12.1 Å². The molecular weight excluding hydrogens is 290 g/mol. The summed E-state index contributed by atoms with van der Waals surface area (Å²) < 4.78 is 5.18. The number of carbonyl (C=O) groups is 1. The Balaban J connectivity index is 0.00000161. The summed E-state index contributed by atoms with van der Waals surface area (Å²) in [5.74, 6) is 1.51. The average molecular weight is 314 g/mol. The van der Waals surface area contributed by atoms with Crippen LogP contribution in [0.1, 0.15) is 50.5 Å². The van der Waals surface area contributed by atoms with E-state index in [1.165, 1.54) is 25.7 Å². The molecule has 2 N–H and O–H groups in total. The number of aromatic nitrogens is 1. The Labute approximate surface area is 131 Å². The lowest BCUT2D eigenvalue weighted by molar-refractivity contribution is -0.123. The van der Waals surface area contributed by atoms with Crippen molar-refractivity contribution in [3.05, 3.63) is 17.5 Å². The lowest BCUT2D eigenvalue weighted by Gasteiger charge is -2.24. The zero-order valence-corrected chi connectivity index (χ0v) is 13.2. The summed E-state index contributed by atoms with van der Waals surface area (Å²) in [7, 11) is 0. The number of nitrogens with one attached hydrogen (secondary N) is 2. The van der Waals surface area contributed by atoms with E-state index in [4.69, 9.17) is 4.52 Å². The van der Waals surface area contributed by atoms with Gasteiger partial charge in [-0.2, -0.15) is 0 Å². The topological polar surface area (TPSA) is 67.2 Å². The van der Waals surface area contributed by atoms with Gasteiger partial charge in [0.05, 0.1) is 18.3 Å². The lowest BCUT2D eigenvalue weighted by Crippen LogP contribution is -2.42. The van der Waals surface area contributed by atoms with Crippen LogP contribution in [0.3, 0.4) is 0 Å². The van der Waals surface area contributed by atoms with E-state index in [1.54, 1.807) is 0 Å². The van der Waals surface area contributed by atoms with Crippen LogP contribution < -0.4 is 10.6 Å². The number of fused-ring (bicyclic) bond motifs is 1. The summed E-state index contributed by atoms with van der Waals surface area (Å²) >= 11 is 0. The molecule has 0 bridgehead atoms. The molecule has 3 unspecified atom stereocenters. The predicted octanol–water partition coefficient (Wildman–Crippen LogP) is 2.20. The molecule has 5 nitrogen and oxygen atoms in total. The number of hydrogen-bond acceptors (Lipinski definition) is 4. The standard InChI is InChI=1S/C15H23N3O2.ClH/c1-2-11-8-12(20-18-11)9-16-15(19)14-7-10-5-3-4-6-13(10)17-14;/h8,10,13-14,17H,2-7,9H2,1H3,(H,16,19);1H. The number of nitrogens with zero attached hydrogens (tertiary/aromatic N) is 1. The Morgan fingerprint density at radius 1 is 1.48 bits per heavy atom. The first-order valence-electron chi connectivity index (χ1n) is 7.74. The lowest BCUT2D eigenvalue weighted by atomic mass is 9.85. The van der Waals surface area contributed by atoms with E-state index in [0.717, 1.165) is 24.3 Å². The predicted molar refractivity (Wildman–Crippen MR) is 82.3 cm³/mol. The SMILES string of the molecule is CCc1cc(CNC(=O)C2CC3CCCCC3N2)on1.Cl. The van der Waals surface area contributed by atoms with Crippen molar-refractivity contribution in [2.24, 2.45) is 5.92 Å². The number of amides is 1. The maximum atomic E-state index is 12.2. The van der Waals surface area contributed by atoms with Crippen molar-refractivity contribution in [2.45, 2.75) is 64.1 Å². The van der Waals surface area contributed by atoms with E-state index in [2.05, 4.69) is 15.8 Å². The van der Waals surface area contributed by atoms with Gasteiger partial charge in [-0.3, -0.25) is 4.79 Å². The molecule has 2 aliphatic rings. The third-order valence-electron chi connectivity index (χ3n) is 4.59. The molecule has 1 aromatic heterocycles. The Kier molecular flexibility index (Phi) is 5.65. The Morgan fingerprint density at radius 2 is 2.29 bits per heavy atom. The minimum absolute atomic E-state index is 0. The normalized spacial score (nSPS) is 27.8. The summed E-state index contributed by atoms with van der Waals surface area (Å²) in [6.45, 7) is 2.46. The highest BCUT2D eigenvalue weighted by atomic mass is 35.5. The zero-order chi connectivity index (χ0) is 13.9. The first-order valence-corrected chi connectivity index (χ1v) is 7.74. The third-order valence-corrected chi connectivity index (χ3v) is 4.59. The van der Waals surface area contributed by atoms with Crippen LogP contribution >= 0.6 is 12.4 Å². The van der Waals surface area contributed by atoms with Crippen LogP contribution in [0.25, 0.3) is 0 Å². The van der Waals surface area contributed by atoms with Gasteiger partial charge in [0.1, 0.15) is 0 Å². The molecule has 1 amide bonds. The first kappa shape index (κ1) is 16.3. The van der Waals surface area contributed by atoms with E-state index >= 15 is 0 Å². The Morgan fingerprint density at radius 3 is 3.00 bits per heavy atom. The van der Waals surface area contributed by atoms with Gasteiger partial charge in [0.2, 0.25) is 5.91 Å². The third kappa shape index (κ3) is 3.77. The molecule has 3 atom stereocenters. The van der Waals surface area contributed by atoms with E-state index in [1.807, 2.05) is 13.0 Å². The van der Waals surface area contributed by atoms with Crippen LogP contribution in [-0.4, -0.2) is 23.1 Å². The molecule has 6 heteroatoms. The number of halogens is 1. The summed E-state index contributed by atoms with van der Waals surface area (Å²) in [5, 5.41) is 10.4. The van der Waals surface area contributed by atoms with Gasteiger partial charge in [-0.05, 0) is 31.6 Å². The molecule has 1 saturated heterocycles. The van der Waals surface area contributed by atoms with Crippen molar-refractivity contribution in [3.63, 3.8) is 0 Å². The fourth-order valence-electron chi connectivity index (χ4n) is 3.42. The second kappa shape index (κ2) is 7.27. The summed E-state index contributed by atoms with van der Waals surface area (Å²) in [6, 6.07) is 2.43. The molecule has 3 rings (SSSR count). The van der Waals surface area contributed by atoms with Crippen LogP contribution in [-0.2, 0) is 17.8 Å². The zero-order valence-electron chi connectivity index (χ0n) is 12.4. The minimum atomic E-state index is -0.0309. The van der Waals surface area contributed by atoms with Crippen molar-refractivity contribution in [3.8, 4) is 0 Å². The second-order valence-electron chi connectivity index (χ2n) is 5.96. The minimum Gasteiger partial charge on any atom is -0.359 e. The average Bonchev–Trinajstić information content (AvgIpc) is 3.10. The van der Waals surface area contributed by atoms with Gasteiger partial charge < -0.3 is 15.2 Å². The Bertz CT molecular complexity index is 463. The van der Waals surface area contributed by atoms with Gasteiger partial charge in [-0.15, -0.1) is 12.4 Å². The molecule has 2 heterocycles. The summed E-state index contributed by atoms with van der Waals surface area (Å²) in [6.07, 6.45) is 6.92. The van der Waals surface area contributed by atoms with Crippen LogP contribution in [0.15, 0.2) is 10.6 Å². The quantitative estimate of drug-likeness (QED) is 0.894. The molecule has 1 aliphatic carbocycles. The van der Waals surface area contributed by atoms with Gasteiger partial charge in [-0.1, -0.05) is 24.9 Å². The highest BCUT2D eigenvalue weighted by Crippen LogP contribution is 2.33. The number of aryl methyl sites for hydroxylation is 1. The largest absolute Gasteiger partial charge is 0.359 e. The molecule has 1 aromatic rings. The maximum absolute atomic E-state index is 12.2. The first-order chi connectivity index (χ1) is 9.76. The molecule has 0 spiro atoms. The van der Waals surface area contributed by atoms with E-state index in [9.17, 15) is 4.79 Å². The fraction of sp³-hybridized carbons (Fsp3) is 0.733. The van der Waals surface area contributed by atoms with E-state index in [-0.39, 0.29) is 24.4 Å². The molecule has 2 fully saturated rings. The highest BCUT2D eigenvalue weighted by Gasteiger charge is 2.38. The molecule has 0 radical (unpaired) electrons. The molecular formula is C15H24ClN3O2. The summed E-state index contributed by atoms with van der Waals surface area (Å²) in [4.78, 5) is 12.2. The number of carbonyl (C=O) groups excluding carboxylic acids is 1. The number of hydrogen-bond donors (Lipinski definition) is 2. The van der Waals surface area contributed by atoms with Crippen molar-refractivity contribution in [1.29, 1.82) is 0 Å². The molecule has 118 valence electrons. The van der Waals surface area contributed by atoms with Crippen molar-refractivity contribution < 1.29 is 9.32 Å². The van der Waals surface area contributed by atoms with Gasteiger partial charge in [0.25, 0.3) is 0 Å². The fourth-order valence-corrected chi connectivity index (χ4v) is 3.42. The molecule has 1 aliphatic heterocycles. The van der Waals surface area contributed by atoms with Crippen molar-refractivity contribution in [1.82, 2.24) is 15.8 Å². The van der Waals surface area contributed by atoms with Crippen LogP contribution in [0.2, 0.25) is 0 Å². The van der Waals surface area contributed by atoms with E-state index < -0.39 is 0 Å². The maximum Gasteiger partial charge on any atom is 0.237 e. The van der Waals surface area contributed by atoms with Gasteiger partial charge >= 0.3 is 0 Å². The van der Waals surface area contributed by atoms with Gasteiger partial charge in [-0.25, -0.2) is 0 Å². The summed E-state index contributed by atoms with van der Waals surface area (Å²) in [5.41, 5.74) is 0.930. The van der Waals surface area contributed by atoms with Crippen molar-refractivity contribution >= 4 is 18.3 Å². The number of rotatable bonds is 4. The van der Waals surface area contributed by atoms with E-state index in [0.29, 0.717) is 18.5 Å². The Hall–Kier alpha value is -1.07. The monoisotopic (exact) mass is 313 g/mol. The molecule has 0 aromatic carbocycles. The molecule has 1 saturated carbocycles. The smallest absolute Gasteiger partial charge is 0.237 e. The van der Waals surface area contributed by atoms with Crippen LogP contribution in [0, 0.1) is 5.92 Å². The van der Waals surface area contributed by atoms with Gasteiger partial charge in [0.15, 0.2) is 5.76 Å².